The molecule has 0 aliphatic rings. The third kappa shape index (κ3) is 5.85. The van der Waals surface area contributed by atoms with Gasteiger partial charge in [-0.05, 0) is 49.7 Å². The summed E-state index contributed by atoms with van der Waals surface area (Å²) < 4.78 is 18.6. The molecule has 0 spiro atoms. The molecule has 0 bridgehead atoms. The maximum Gasteiger partial charge on any atom is 0.271 e. The van der Waals surface area contributed by atoms with Gasteiger partial charge in [0.25, 0.3) is 5.91 Å². The van der Waals surface area contributed by atoms with Crippen LogP contribution in [0.15, 0.2) is 47.6 Å². The number of nitrogens with zero attached hydrogens (tertiary/aromatic N) is 1. The predicted molar refractivity (Wildman–Crippen MR) is 94.2 cm³/mol. The Bertz CT molecular complexity index is 771. The highest BCUT2D eigenvalue weighted by molar-refractivity contribution is 6.30. The number of rotatable bonds is 6. The minimum Gasteiger partial charge on any atom is -0.488 e. The van der Waals surface area contributed by atoms with E-state index in [1.165, 1.54) is 32.2 Å². The van der Waals surface area contributed by atoms with Crippen molar-refractivity contribution in [1.82, 2.24) is 5.43 Å². The maximum absolute atomic E-state index is 12.9. The second kappa shape index (κ2) is 8.09. The number of hydrogen-bond acceptors (Lipinski definition) is 4. The lowest BCUT2D eigenvalue weighted by Gasteiger charge is -2.14. The van der Waals surface area contributed by atoms with Crippen LogP contribution in [0, 0.1) is 5.82 Å². The average Bonchev–Trinajstić information content (AvgIpc) is 2.54. The van der Waals surface area contributed by atoms with Crippen LogP contribution in [0.2, 0.25) is 5.02 Å². The molecule has 132 valence electrons. The number of carbonyl (C=O) groups is 1. The smallest absolute Gasteiger partial charge is 0.271 e. The first kappa shape index (κ1) is 18.9. The first-order valence-corrected chi connectivity index (χ1v) is 7.86. The van der Waals surface area contributed by atoms with Crippen LogP contribution < -0.4 is 10.2 Å². The van der Waals surface area contributed by atoms with Gasteiger partial charge in [-0.25, -0.2) is 9.82 Å². The van der Waals surface area contributed by atoms with E-state index in [1.54, 1.807) is 30.3 Å². The molecule has 2 N–H and O–H groups in total. The summed E-state index contributed by atoms with van der Waals surface area (Å²) in [7, 11) is 0. The van der Waals surface area contributed by atoms with Gasteiger partial charge in [0.1, 0.15) is 23.8 Å². The summed E-state index contributed by atoms with van der Waals surface area (Å²) in [6.07, 6.45) is 1.37. The quantitative estimate of drug-likeness (QED) is 0.610. The molecule has 1 amide bonds. The van der Waals surface area contributed by atoms with E-state index in [0.29, 0.717) is 16.3 Å². The fourth-order valence-electron chi connectivity index (χ4n) is 1.79. The van der Waals surface area contributed by atoms with Gasteiger partial charge in [-0.15, -0.1) is 0 Å². The molecule has 0 aromatic heterocycles. The predicted octanol–water partition coefficient (Wildman–Crippen LogP) is 3.28. The lowest BCUT2D eigenvalue weighted by molar-refractivity contribution is -0.136. The van der Waals surface area contributed by atoms with Crippen LogP contribution in [0.5, 0.6) is 5.75 Å². The van der Waals surface area contributed by atoms with E-state index >= 15 is 0 Å². The summed E-state index contributed by atoms with van der Waals surface area (Å²) in [4.78, 5) is 11.6. The number of carbonyl (C=O) groups excluding carboxylic acids is 1. The summed E-state index contributed by atoms with van der Waals surface area (Å²) >= 11 is 5.98. The van der Waals surface area contributed by atoms with Crippen molar-refractivity contribution < 1.29 is 19.0 Å². The Morgan fingerprint density at radius 2 is 2.00 bits per heavy atom. The second-order valence-corrected chi connectivity index (χ2v) is 6.29. The van der Waals surface area contributed by atoms with Gasteiger partial charge in [0.05, 0.1) is 6.21 Å². The molecule has 0 saturated heterocycles. The Hall–Kier alpha value is -2.44. The van der Waals surface area contributed by atoms with E-state index in [2.05, 4.69) is 10.5 Å². The van der Waals surface area contributed by atoms with Crippen molar-refractivity contribution in [2.24, 2.45) is 5.10 Å². The lowest BCUT2D eigenvalue weighted by Crippen LogP contribution is -2.39. The second-order valence-electron chi connectivity index (χ2n) is 5.86. The van der Waals surface area contributed by atoms with Crippen molar-refractivity contribution in [1.29, 1.82) is 0 Å². The number of ether oxygens (including phenoxy) is 1. The zero-order chi connectivity index (χ0) is 18.4. The van der Waals surface area contributed by atoms with E-state index in [-0.39, 0.29) is 12.4 Å². The molecule has 0 aliphatic heterocycles. The lowest BCUT2D eigenvalue weighted by atomic mass is 10.1. The average molecular weight is 365 g/mol. The Morgan fingerprint density at radius 3 is 2.64 bits per heavy atom. The van der Waals surface area contributed by atoms with Crippen molar-refractivity contribution in [3.05, 3.63) is 64.4 Å². The van der Waals surface area contributed by atoms with E-state index < -0.39 is 11.5 Å². The van der Waals surface area contributed by atoms with Crippen LogP contribution in [0.1, 0.15) is 25.0 Å². The monoisotopic (exact) mass is 364 g/mol. The zero-order valence-corrected chi connectivity index (χ0v) is 14.5. The van der Waals surface area contributed by atoms with Gasteiger partial charge in [-0.1, -0.05) is 23.7 Å². The van der Waals surface area contributed by atoms with Gasteiger partial charge in [-0.3, -0.25) is 4.79 Å². The number of hydrazone groups is 1. The molecule has 5 nitrogen and oxygen atoms in total. The van der Waals surface area contributed by atoms with Gasteiger partial charge >= 0.3 is 0 Å². The first-order valence-electron chi connectivity index (χ1n) is 7.48. The Morgan fingerprint density at radius 1 is 1.32 bits per heavy atom. The van der Waals surface area contributed by atoms with Crippen LogP contribution in [0.4, 0.5) is 4.39 Å². The number of benzene rings is 2. The summed E-state index contributed by atoms with van der Waals surface area (Å²) in [5.74, 6) is -0.458. The van der Waals surface area contributed by atoms with Crippen molar-refractivity contribution in [3.8, 4) is 5.75 Å². The number of hydrogen-bond donors (Lipinski definition) is 2. The van der Waals surface area contributed by atoms with Gasteiger partial charge in [0, 0.05) is 10.6 Å². The van der Waals surface area contributed by atoms with E-state index in [1.807, 2.05) is 0 Å². The minimum absolute atomic E-state index is 0.235. The third-order valence-electron chi connectivity index (χ3n) is 3.20. The van der Waals surface area contributed by atoms with Crippen LogP contribution in [0.25, 0.3) is 0 Å². The minimum atomic E-state index is -1.53. The maximum atomic E-state index is 12.9. The Balaban J connectivity index is 2.08. The molecule has 0 atom stereocenters. The summed E-state index contributed by atoms with van der Waals surface area (Å²) in [6.45, 7) is 2.95. The number of halogens is 2. The number of amides is 1. The molecular formula is C18H18ClFN2O3. The molecule has 2 aromatic carbocycles. The SMILES string of the molecule is CC(C)(O)C(=O)N/N=C\c1cc(Cl)ccc1OCc1ccc(F)cc1. The highest BCUT2D eigenvalue weighted by Crippen LogP contribution is 2.22. The molecule has 0 aliphatic carbocycles. The Kier molecular flexibility index (Phi) is 6.12. The molecule has 0 unspecified atom stereocenters. The van der Waals surface area contributed by atoms with Gasteiger partial charge in [0.15, 0.2) is 0 Å². The molecule has 7 heteroatoms. The third-order valence-corrected chi connectivity index (χ3v) is 3.44. The largest absolute Gasteiger partial charge is 0.488 e. The highest BCUT2D eigenvalue weighted by atomic mass is 35.5. The molecule has 0 radical (unpaired) electrons. The summed E-state index contributed by atoms with van der Waals surface area (Å²) in [5, 5.41) is 13.8. The van der Waals surface area contributed by atoms with E-state index in [9.17, 15) is 14.3 Å². The standard InChI is InChI=1S/C18H18ClFN2O3/c1-18(2,24)17(23)22-21-10-13-9-14(19)5-8-16(13)25-11-12-3-6-15(20)7-4-12/h3-10,24H,11H2,1-2H3,(H,22,23)/b21-10-. The fourth-order valence-corrected chi connectivity index (χ4v) is 1.97. The van der Waals surface area contributed by atoms with E-state index in [0.717, 1.165) is 5.56 Å². The van der Waals surface area contributed by atoms with Gasteiger partial charge < -0.3 is 9.84 Å². The number of nitrogens with one attached hydrogen (secondary N) is 1. The summed E-state index contributed by atoms with van der Waals surface area (Å²) in [5.41, 5.74) is 2.05. The van der Waals surface area contributed by atoms with E-state index in [4.69, 9.17) is 16.3 Å². The molecule has 25 heavy (non-hydrogen) atoms. The highest BCUT2D eigenvalue weighted by Gasteiger charge is 2.22. The molecular weight excluding hydrogens is 347 g/mol. The van der Waals surface area contributed by atoms with Crippen molar-refractivity contribution in [2.45, 2.75) is 26.1 Å². The topological polar surface area (TPSA) is 70.9 Å². The van der Waals surface area contributed by atoms with Gasteiger partial charge in [-0.2, -0.15) is 5.10 Å². The molecule has 0 saturated carbocycles. The molecule has 2 aromatic rings. The van der Waals surface area contributed by atoms with Crippen LogP contribution >= 0.6 is 11.6 Å². The fraction of sp³-hybridized carbons (Fsp3) is 0.222. The van der Waals surface area contributed by atoms with Crippen molar-refractivity contribution >= 4 is 23.7 Å². The number of aliphatic hydroxyl groups is 1. The molecule has 0 heterocycles. The van der Waals surface area contributed by atoms with Crippen LogP contribution in [-0.2, 0) is 11.4 Å². The summed E-state index contributed by atoms with van der Waals surface area (Å²) in [6, 6.07) is 10.9. The van der Waals surface area contributed by atoms with Gasteiger partial charge in [0.2, 0.25) is 0 Å². The first-order chi connectivity index (χ1) is 11.8. The van der Waals surface area contributed by atoms with Crippen LogP contribution in [0.3, 0.4) is 0 Å². The molecule has 0 fully saturated rings. The Labute approximate surface area is 150 Å². The van der Waals surface area contributed by atoms with Crippen molar-refractivity contribution in [2.75, 3.05) is 0 Å². The van der Waals surface area contributed by atoms with Crippen molar-refractivity contribution in [3.63, 3.8) is 0 Å². The molecule has 2 rings (SSSR count). The normalized spacial score (nSPS) is 11.6. The van der Waals surface area contributed by atoms with Crippen LogP contribution in [-0.4, -0.2) is 22.8 Å². The zero-order valence-electron chi connectivity index (χ0n) is 13.8.